The molecule has 0 spiro atoms. The molecule has 3 rings (SSSR count). The van der Waals surface area contributed by atoms with E-state index in [9.17, 15) is 0 Å². The minimum Gasteiger partial charge on any atom is -0.497 e. The van der Waals surface area contributed by atoms with E-state index in [0.717, 1.165) is 28.2 Å². The maximum atomic E-state index is 8.86. The molecule has 0 aromatic heterocycles. The first-order valence-corrected chi connectivity index (χ1v) is 14.0. The number of benzene rings is 3. The second-order valence-corrected chi connectivity index (χ2v) is 11.8. The van der Waals surface area contributed by atoms with E-state index in [0.29, 0.717) is 26.2 Å². The molecule has 3 aromatic rings. The van der Waals surface area contributed by atoms with Crippen LogP contribution >= 0.6 is 8.53 Å². The summed E-state index contributed by atoms with van der Waals surface area (Å²) in [6, 6.07) is 28.4. The monoisotopic (exact) mass is 550 g/mol. The standard InChI is InChI=1S/C31H39N2O5P/c1-30(2,24-38-39(33(3)4)37-22-10-21-32)23-36-31(25-11-8-7-9-12-25,26-13-17-28(34-5)18-14-26)27-15-19-29(35-6)20-16-27/h7-9,11-20H,10,22-24H2,1-6H3. The molecule has 0 aliphatic rings. The van der Waals surface area contributed by atoms with Crippen LogP contribution in [0.3, 0.4) is 0 Å². The van der Waals surface area contributed by atoms with Gasteiger partial charge in [-0.3, -0.25) is 0 Å². The van der Waals surface area contributed by atoms with Gasteiger partial charge in [0.1, 0.15) is 17.1 Å². The lowest BCUT2D eigenvalue weighted by molar-refractivity contribution is -0.0435. The van der Waals surface area contributed by atoms with Crippen molar-refractivity contribution in [2.45, 2.75) is 25.9 Å². The predicted octanol–water partition coefficient (Wildman–Crippen LogP) is 6.77. The smallest absolute Gasteiger partial charge is 0.258 e. The molecular formula is C31H39N2O5P. The van der Waals surface area contributed by atoms with Crippen LogP contribution in [0.25, 0.3) is 0 Å². The van der Waals surface area contributed by atoms with Gasteiger partial charge in [-0.25, -0.2) is 4.67 Å². The fourth-order valence-corrected chi connectivity index (χ4v) is 5.33. The molecule has 8 heteroatoms. The van der Waals surface area contributed by atoms with Crippen LogP contribution < -0.4 is 9.47 Å². The Morgan fingerprint density at radius 2 is 1.26 bits per heavy atom. The molecule has 0 saturated heterocycles. The highest BCUT2D eigenvalue weighted by Gasteiger charge is 2.39. The summed E-state index contributed by atoms with van der Waals surface area (Å²) in [5.41, 5.74) is 1.71. The van der Waals surface area contributed by atoms with Crippen molar-refractivity contribution in [1.29, 1.82) is 5.26 Å². The summed E-state index contributed by atoms with van der Waals surface area (Å²) in [5.74, 6) is 1.55. The van der Waals surface area contributed by atoms with Crippen molar-refractivity contribution in [3.05, 3.63) is 95.6 Å². The molecular weight excluding hydrogens is 511 g/mol. The molecule has 1 atom stereocenters. The third kappa shape index (κ3) is 8.02. The van der Waals surface area contributed by atoms with Crippen LogP contribution in [0.4, 0.5) is 0 Å². The molecule has 0 fully saturated rings. The Labute approximate surface area is 234 Å². The van der Waals surface area contributed by atoms with Gasteiger partial charge in [0, 0.05) is 5.41 Å². The molecule has 0 amide bonds. The molecule has 1 unspecified atom stereocenters. The maximum absolute atomic E-state index is 8.86. The van der Waals surface area contributed by atoms with Gasteiger partial charge in [0.05, 0.1) is 46.5 Å². The molecule has 0 aliphatic heterocycles. The predicted molar refractivity (Wildman–Crippen MR) is 155 cm³/mol. The van der Waals surface area contributed by atoms with Crippen molar-refractivity contribution < 1.29 is 23.3 Å². The third-order valence-electron chi connectivity index (χ3n) is 6.16. The zero-order chi connectivity index (χ0) is 28.3. The molecule has 0 aliphatic carbocycles. The third-order valence-corrected chi connectivity index (χ3v) is 7.57. The van der Waals surface area contributed by atoms with Crippen LogP contribution in [-0.2, 0) is 19.4 Å². The highest BCUT2D eigenvalue weighted by Crippen LogP contribution is 2.45. The Bertz CT molecular complexity index is 1130. The van der Waals surface area contributed by atoms with Crippen molar-refractivity contribution in [3.63, 3.8) is 0 Å². The highest BCUT2D eigenvalue weighted by molar-refractivity contribution is 7.44. The lowest BCUT2D eigenvalue weighted by Crippen LogP contribution is -2.37. The Morgan fingerprint density at radius 3 is 1.72 bits per heavy atom. The summed E-state index contributed by atoms with van der Waals surface area (Å²) in [5, 5.41) is 8.86. The van der Waals surface area contributed by atoms with Crippen molar-refractivity contribution in [3.8, 4) is 17.6 Å². The SMILES string of the molecule is COc1ccc(C(OCC(C)(C)COP(OCCC#N)N(C)C)(c2ccccc2)c2ccc(OC)cc2)cc1. The van der Waals surface area contributed by atoms with Crippen molar-refractivity contribution in [2.75, 3.05) is 48.1 Å². The lowest BCUT2D eigenvalue weighted by Gasteiger charge is -2.39. The quantitative estimate of drug-likeness (QED) is 0.117. The Hall–Kier alpha value is -2.98. The van der Waals surface area contributed by atoms with Gasteiger partial charge in [-0.2, -0.15) is 5.26 Å². The summed E-state index contributed by atoms with van der Waals surface area (Å²) in [6.07, 6.45) is 0.325. The summed E-state index contributed by atoms with van der Waals surface area (Å²) >= 11 is 0. The average Bonchev–Trinajstić information content (AvgIpc) is 2.96. The molecule has 0 bridgehead atoms. The molecule has 208 valence electrons. The number of nitrogens with zero attached hydrogens (tertiary/aromatic N) is 2. The van der Waals surface area contributed by atoms with Gasteiger partial charge < -0.3 is 23.3 Å². The largest absolute Gasteiger partial charge is 0.497 e. The van der Waals surface area contributed by atoms with Crippen molar-refractivity contribution >= 4 is 8.53 Å². The Balaban J connectivity index is 1.98. The van der Waals surface area contributed by atoms with Gasteiger partial charge in [-0.1, -0.05) is 68.4 Å². The maximum Gasteiger partial charge on any atom is 0.258 e. The van der Waals surface area contributed by atoms with Gasteiger partial charge in [-0.05, 0) is 55.1 Å². The van der Waals surface area contributed by atoms with E-state index in [1.807, 2.05) is 85.5 Å². The highest BCUT2D eigenvalue weighted by atomic mass is 31.2. The van der Waals surface area contributed by atoms with E-state index in [1.54, 1.807) is 14.2 Å². The minimum absolute atomic E-state index is 0.325. The van der Waals surface area contributed by atoms with Gasteiger partial charge in [-0.15, -0.1) is 0 Å². The van der Waals surface area contributed by atoms with Gasteiger partial charge in [0.2, 0.25) is 0 Å². The van der Waals surface area contributed by atoms with Crippen LogP contribution in [0, 0.1) is 16.7 Å². The number of ether oxygens (including phenoxy) is 3. The van der Waals surface area contributed by atoms with E-state index in [-0.39, 0.29) is 5.41 Å². The Kier molecular flexibility index (Phi) is 11.3. The van der Waals surface area contributed by atoms with E-state index >= 15 is 0 Å². The van der Waals surface area contributed by atoms with E-state index in [2.05, 4.69) is 32.0 Å². The first kappa shape index (κ1) is 30.6. The van der Waals surface area contributed by atoms with Gasteiger partial charge in [0.15, 0.2) is 0 Å². The molecule has 0 heterocycles. The summed E-state index contributed by atoms with van der Waals surface area (Å²) in [4.78, 5) is 0. The minimum atomic E-state index is -1.28. The molecule has 7 nitrogen and oxygen atoms in total. The first-order chi connectivity index (χ1) is 18.8. The number of methoxy groups -OCH3 is 2. The van der Waals surface area contributed by atoms with Gasteiger partial charge in [0.25, 0.3) is 8.53 Å². The van der Waals surface area contributed by atoms with Gasteiger partial charge >= 0.3 is 0 Å². The lowest BCUT2D eigenvalue weighted by atomic mass is 9.79. The van der Waals surface area contributed by atoms with Crippen LogP contribution in [0.5, 0.6) is 11.5 Å². The zero-order valence-electron chi connectivity index (χ0n) is 23.7. The van der Waals surface area contributed by atoms with Crippen LogP contribution in [0.2, 0.25) is 0 Å². The fourth-order valence-electron chi connectivity index (χ4n) is 4.09. The number of rotatable bonds is 15. The molecule has 39 heavy (non-hydrogen) atoms. The average molecular weight is 551 g/mol. The zero-order valence-corrected chi connectivity index (χ0v) is 24.6. The van der Waals surface area contributed by atoms with E-state index in [1.165, 1.54) is 0 Å². The summed E-state index contributed by atoms with van der Waals surface area (Å²) in [6.45, 7) is 5.38. The van der Waals surface area contributed by atoms with Crippen LogP contribution in [0.15, 0.2) is 78.9 Å². The van der Waals surface area contributed by atoms with Crippen LogP contribution in [0.1, 0.15) is 37.0 Å². The van der Waals surface area contributed by atoms with Crippen LogP contribution in [-0.4, -0.2) is 52.8 Å². The summed E-state index contributed by atoms with van der Waals surface area (Å²) in [7, 11) is 5.87. The second-order valence-electron chi connectivity index (χ2n) is 10.1. The van der Waals surface area contributed by atoms with Crippen molar-refractivity contribution in [2.24, 2.45) is 5.41 Å². The normalized spacial score (nSPS) is 12.7. The number of hydrogen-bond acceptors (Lipinski definition) is 7. The number of nitriles is 1. The topological polar surface area (TPSA) is 73.2 Å². The van der Waals surface area contributed by atoms with E-state index in [4.69, 9.17) is 28.5 Å². The second kappa shape index (κ2) is 14.4. The molecule has 3 aromatic carbocycles. The molecule has 0 radical (unpaired) electrons. The Morgan fingerprint density at radius 1 is 0.744 bits per heavy atom. The molecule has 0 N–H and O–H groups in total. The fraction of sp³-hybridized carbons (Fsp3) is 0.387. The summed E-state index contributed by atoms with van der Waals surface area (Å²) < 4.78 is 31.9. The van der Waals surface area contributed by atoms with Crippen molar-refractivity contribution in [1.82, 2.24) is 4.67 Å². The number of hydrogen-bond donors (Lipinski definition) is 0. The van der Waals surface area contributed by atoms with E-state index < -0.39 is 14.1 Å². The first-order valence-electron chi connectivity index (χ1n) is 12.8. The molecule has 0 saturated carbocycles.